The molecule has 1 heterocycles. The molecule has 1 saturated heterocycles. The average molecular weight is 389 g/mol. The van der Waals surface area contributed by atoms with Crippen LogP contribution < -0.4 is 10.1 Å². The second kappa shape index (κ2) is 8.66. The summed E-state index contributed by atoms with van der Waals surface area (Å²) in [6.07, 6.45) is 1.23. The smallest absolute Gasteiger partial charge is 0.260 e. The van der Waals surface area contributed by atoms with Gasteiger partial charge in [-0.15, -0.1) is 0 Å². The minimum absolute atomic E-state index is 0.0855. The van der Waals surface area contributed by atoms with Gasteiger partial charge in [0.25, 0.3) is 5.91 Å². The first-order chi connectivity index (χ1) is 14.2. The van der Waals surface area contributed by atoms with Gasteiger partial charge in [0, 0.05) is 25.2 Å². The normalized spacial score (nSPS) is 16.9. The standard InChI is InChI=1S/C25H27NO3/c1-19(29-23-12-11-20-7-5-6-8-21(20)17-23)24(27)26-18-25(13-15-28-16-14-25)22-9-3-2-4-10-22/h2-12,17,19H,13-16,18H2,1H3,(H,26,27). The lowest BCUT2D eigenvalue weighted by atomic mass is 9.74. The molecule has 1 atom stereocenters. The molecule has 3 aromatic rings. The third-order valence-corrected chi connectivity index (χ3v) is 5.84. The van der Waals surface area contributed by atoms with Crippen molar-refractivity contribution in [1.29, 1.82) is 0 Å². The van der Waals surface area contributed by atoms with Crippen LogP contribution in [0.5, 0.6) is 5.75 Å². The molecule has 0 saturated carbocycles. The lowest BCUT2D eigenvalue weighted by Gasteiger charge is -2.38. The van der Waals surface area contributed by atoms with Gasteiger partial charge in [-0.1, -0.05) is 60.7 Å². The molecule has 150 valence electrons. The first-order valence-corrected chi connectivity index (χ1v) is 10.2. The minimum Gasteiger partial charge on any atom is -0.481 e. The molecule has 1 aliphatic heterocycles. The second-order valence-electron chi connectivity index (χ2n) is 7.75. The van der Waals surface area contributed by atoms with Gasteiger partial charge in [-0.25, -0.2) is 0 Å². The van der Waals surface area contributed by atoms with Crippen LogP contribution in [0.15, 0.2) is 72.8 Å². The number of rotatable bonds is 6. The van der Waals surface area contributed by atoms with Crippen LogP contribution in [-0.2, 0) is 14.9 Å². The average Bonchev–Trinajstić information content (AvgIpc) is 2.78. The summed E-state index contributed by atoms with van der Waals surface area (Å²) in [5.74, 6) is 0.607. The fourth-order valence-corrected chi connectivity index (χ4v) is 4.02. The van der Waals surface area contributed by atoms with Gasteiger partial charge in [0.05, 0.1) is 0 Å². The summed E-state index contributed by atoms with van der Waals surface area (Å²) in [5, 5.41) is 5.38. The van der Waals surface area contributed by atoms with E-state index in [1.54, 1.807) is 6.92 Å². The number of carbonyl (C=O) groups excluding carboxylic acids is 1. The van der Waals surface area contributed by atoms with Crippen molar-refractivity contribution < 1.29 is 14.3 Å². The highest BCUT2D eigenvalue weighted by molar-refractivity contribution is 5.84. The molecule has 1 unspecified atom stereocenters. The predicted octanol–water partition coefficient (Wildman–Crippen LogP) is 4.47. The molecule has 1 aliphatic rings. The maximum atomic E-state index is 12.8. The Hall–Kier alpha value is -2.85. The molecule has 0 spiro atoms. The first kappa shape index (κ1) is 19.5. The van der Waals surface area contributed by atoms with Crippen LogP contribution in [0.4, 0.5) is 0 Å². The summed E-state index contributed by atoms with van der Waals surface area (Å²) in [6, 6.07) is 24.4. The molecule has 29 heavy (non-hydrogen) atoms. The minimum atomic E-state index is -0.566. The van der Waals surface area contributed by atoms with Gasteiger partial charge in [0.2, 0.25) is 0 Å². The van der Waals surface area contributed by atoms with Crippen LogP contribution in [0, 0.1) is 0 Å². The van der Waals surface area contributed by atoms with E-state index in [2.05, 4.69) is 35.6 Å². The van der Waals surface area contributed by atoms with Crippen molar-refractivity contribution in [2.24, 2.45) is 0 Å². The Bertz CT molecular complexity index is 964. The van der Waals surface area contributed by atoms with E-state index in [4.69, 9.17) is 9.47 Å². The maximum Gasteiger partial charge on any atom is 0.260 e. The van der Waals surface area contributed by atoms with E-state index in [-0.39, 0.29) is 11.3 Å². The molecule has 4 nitrogen and oxygen atoms in total. The molecule has 1 fully saturated rings. The van der Waals surface area contributed by atoms with E-state index in [1.807, 2.05) is 42.5 Å². The van der Waals surface area contributed by atoms with Gasteiger partial charge >= 0.3 is 0 Å². The van der Waals surface area contributed by atoms with Gasteiger partial charge in [-0.05, 0) is 48.2 Å². The summed E-state index contributed by atoms with van der Waals surface area (Å²) in [7, 11) is 0. The number of hydrogen-bond donors (Lipinski definition) is 1. The number of hydrogen-bond acceptors (Lipinski definition) is 3. The van der Waals surface area contributed by atoms with Crippen molar-refractivity contribution in [3.05, 3.63) is 78.4 Å². The fraction of sp³-hybridized carbons (Fsp3) is 0.320. The summed E-state index contributed by atoms with van der Waals surface area (Å²) in [5.41, 5.74) is 1.17. The molecule has 0 bridgehead atoms. The molecule has 4 rings (SSSR count). The van der Waals surface area contributed by atoms with Crippen LogP contribution >= 0.6 is 0 Å². The topological polar surface area (TPSA) is 47.6 Å². The fourth-order valence-electron chi connectivity index (χ4n) is 4.02. The highest BCUT2D eigenvalue weighted by Gasteiger charge is 2.35. The van der Waals surface area contributed by atoms with E-state index < -0.39 is 6.10 Å². The second-order valence-corrected chi connectivity index (χ2v) is 7.75. The first-order valence-electron chi connectivity index (χ1n) is 10.2. The van der Waals surface area contributed by atoms with Gasteiger partial charge in [0.15, 0.2) is 6.10 Å². The Morgan fingerprint density at radius 1 is 1.00 bits per heavy atom. The van der Waals surface area contributed by atoms with Crippen molar-refractivity contribution in [2.45, 2.75) is 31.3 Å². The molecule has 0 aromatic heterocycles. The van der Waals surface area contributed by atoms with Crippen LogP contribution in [0.25, 0.3) is 10.8 Å². The van der Waals surface area contributed by atoms with Crippen molar-refractivity contribution in [2.75, 3.05) is 19.8 Å². The van der Waals surface area contributed by atoms with E-state index >= 15 is 0 Å². The Labute approximate surface area is 171 Å². The molecular weight excluding hydrogens is 362 g/mol. The largest absolute Gasteiger partial charge is 0.481 e. The highest BCUT2D eigenvalue weighted by Crippen LogP contribution is 2.34. The Morgan fingerprint density at radius 2 is 1.69 bits per heavy atom. The molecular formula is C25H27NO3. The van der Waals surface area contributed by atoms with Gasteiger partial charge < -0.3 is 14.8 Å². The van der Waals surface area contributed by atoms with Crippen LogP contribution in [0.3, 0.4) is 0 Å². The molecule has 4 heteroatoms. The summed E-state index contributed by atoms with van der Waals surface area (Å²) < 4.78 is 11.5. The Kier molecular flexibility index (Phi) is 5.81. The van der Waals surface area contributed by atoms with E-state index in [9.17, 15) is 4.79 Å². The zero-order valence-electron chi connectivity index (χ0n) is 16.8. The number of benzene rings is 3. The number of amides is 1. The molecule has 0 radical (unpaired) electrons. The summed E-state index contributed by atoms with van der Waals surface area (Å²) in [4.78, 5) is 12.8. The van der Waals surface area contributed by atoms with Crippen molar-refractivity contribution in [3.8, 4) is 5.75 Å². The molecule has 1 N–H and O–H groups in total. The van der Waals surface area contributed by atoms with Crippen molar-refractivity contribution in [1.82, 2.24) is 5.32 Å². The van der Waals surface area contributed by atoms with Gasteiger partial charge in [-0.2, -0.15) is 0 Å². The molecule has 1 amide bonds. The van der Waals surface area contributed by atoms with E-state index in [1.165, 1.54) is 5.56 Å². The van der Waals surface area contributed by atoms with Gasteiger partial charge in [0.1, 0.15) is 5.75 Å². The Morgan fingerprint density at radius 3 is 2.45 bits per heavy atom. The predicted molar refractivity (Wildman–Crippen MR) is 115 cm³/mol. The number of fused-ring (bicyclic) bond motifs is 1. The quantitative estimate of drug-likeness (QED) is 0.677. The molecule has 3 aromatic carbocycles. The van der Waals surface area contributed by atoms with Crippen molar-refractivity contribution in [3.63, 3.8) is 0 Å². The highest BCUT2D eigenvalue weighted by atomic mass is 16.5. The third-order valence-electron chi connectivity index (χ3n) is 5.84. The lowest BCUT2D eigenvalue weighted by molar-refractivity contribution is -0.127. The zero-order chi connectivity index (χ0) is 20.1. The number of nitrogens with one attached hydrogen (secondary N) is 1. The van der Waals surface area contributed by atoms with Crippen LogP contribution in [0.2, 0.25) is 0 Å². The molecule has 0 aliphatic carbocycles. The monoisotopic (exact) mass is 389 g/mol. The zero-order valence-corrected chi connectivity index (χ0v) is 16.8. The lowest BCUT2D eigenvalue weighted by Crippen LogP contribution is -2.47. The van der Waals surface area contributed by atoms with Crippen LogP contribution in [-0.4, -0.2) is 31.8 Å². The number of ether oxygens (including phenoxy) is 2. The Balaban J connectivity index is 1.42. The third kappa shape index (κ3) is 4.43. The number of carbonyl (C=O) groups is 1. The maximum absolute atomic E-state index is 12.8. The van der Waals surface area contributed by atoms with Crippen LogP contribution in [0.1, 0.15) is 25.3 Å². The SMILES string of the molecule is CC(Oc1ccc2ccccc2c1)C(=O)NCC1(c2ccccc2)CCOCC1. The van der Waals surface area contributed by atoms with Gasteiger partial charge in [-0.3, -0.25) is 4.79 Å². The summed E-state index contributed by atoms with van der Waals surface area (Å²) in [6.45, 7) is 3.82. The van der Waals surface area contributed by atoms with Crippen molar-refractivity contribution >= 4 is 16.7 Å². The van der Waals surface area contributed by atoms with E-state index in [0.717, 1.165) is 23.6 Å². The van der Waals surface area contributed by atoms with E-state index in [0.29, 0.717) is 25.5 Å². The summed E-state index contributed by atoms with van der Waals surface area (Å²) >= 11 is 0.